The Morgan fingerprint density at radius 2 is 1.78 bits per heavy atom. The summed E-state index contributed by atoms with van der Waals surface area (Å²) in [4.78, 5) is 30.2. The monoisotopic (exact) mass is 371 g/mol. The molecule has 0 radical (unpaired) electrons. The topological polar surface area (TPSA) is 80.8 Å². The first-order valence-electron chi connectivity index (χ1n) is 8.83. The molecule has 0 fully saturated rings. The number of rotatable bonds is 8. The van der Waals surface area contributed by atoms with Gasteiger partial charge in [-0.15, -0.1) is 0 Å². The van der Waals surface area contributed by atoms with E-state index in [0.29, 0.717) is 36.1 Å². The van der Waals surface area contributed by atoms with Crippen LogP contribution in [0.1, 0.15) is 30.0 Å². The van der Waals surface area contributed by atoms with Crippen molar-refractivity contribution in [1.82, 2.24) is 9.88 Å². The van der Waals surface area contributed by atoms with E-state index in [1.165, 1.54) is 4.90 Å². The summed E-state index contributed by atoms with van der Waals surface area (Å²) in [5, 5.41) is 2.77. The fourth-order valence-electron chi connectivity index (χ4n) is 2.47. The highest BCUT2D eigenvalue weighted by atomic mass is 16.5. The van der Waals surface area contributed by atoms with Crippen molar-refractivity contribution < 1.29 is 19.1 Å². The van der Waals surface area contributed by atoms with Crippen LogP contribution in [-0.4, -0.2) is 48.5 Å². The fourth-order valence-corrected chi connectivity index (χ4v) is 2.47. The summed E-state index contributed by atoms with van der Waals surface area (Å²) >= 11 is 0. The molecule has 27 heavy (non-hydrogen) atoms. The first kappa shape index (κ1) is 20.2. The number of carbonyl (C=O) groups is 2. The highest BCUT2D eigenvalue weighted by Crippen LogP contribution is 2.30. The Kier molecular flexibility index (Phi) is 7.16. The van der Waals surface area contributed by atoms with E-state index in [1.54, 1.807) is 37.4 Å². The lowest BCUT2D eigenvalue weighted by molar-refractivity contribution is -0.116. The molecule has 0 unspecified atom stereocenters. The Morgan fingerprint density at radius 1 is 1.07 bits per heavy atom. The number of carbonyl (C=O) groups excluding carboxylic acids is 2. The molecule has 0 atom stereocenters. The minimum Gasteiger partial charge on any atom is -0.490 e. The van der Waals surface area contributed by atoms with Crippen LogP contribution in [0.4, 0.5) is 5.69 Å². The Labute approximate surface area is 159 Å². The van der Waals surface area contributed by atoms with Crippen LogP contribution in [0.3, 0.4) is 0 Å². The predicted octanol–water partition coefficient (Wildman–Crippen LogP) is 2.90. The predicted molar refractivity (Wildman–Crippen MR) is 103 cm³/mol. The Hall–Kier alpha value is -3.09. The molecule has 1 aromatic carbocycles. The van der Waals surface area contributed by atoms with Crippen molar-refractivity contribution in [2.75, 3.05) is 32.1 Å². The summed E-state index contributed by atoms with van der Waals surface area (Å²) in [5.74, 6) is 0.557. The van der Waals surface area contributed by atoms with Crippen molar-refractivity contribution in [3.63, 3.8) is 0 Å². The Bertz CT molecular complexity index is 808. The largest absolute Gasteiger partial charge is 0.490 e. The third-order valence-corrected chi connectivity index (χ3v) is 3.66. The summed E-state index contributed by atoms with van der Waals surface area (Å²) in [7, 11) is 1.57. The van der Waals surface area contributed by atoms with Crippen LogP contribution in [0.25, 0.3) is 0 Å². The van der Waals surface area contributed by atoms with Gasteiger partial charge >= 0.3 is 0 Å². The zero-order chi connectivity index (χ0) is 19.8. The number of hydrogen-bond donors (Lipinski definition) is 1. The number of pyridine rings is 1. The highest BCUT2D eigenvalue weighted by molar-refractivity contribution is 5.98. The number of aryl methyl sites for hydroxylation is 1. The van der Waals surface area contributed by atoms with E-state index in [4.69, 9.17) is 9.47 Å². The molecule has 2 amide bonds. The number of aromatic nitrogens is 1. The molecule has 7 nitrogen and oxygen atoms in total. The number of ether oxygens (including phenoxy) is 2. The summed E-state index contributed by atoms with van der Waals surface area (Å²) in [5.41, 5.74) is 1.63. The van der Waals surface area contributed by atoms with Crippen molar-refractivity contribution >= 4 is 17.5 Å². The summed E-state index contributed by atoms with van der Waals surface area (Å²) < 4.78 is 11.1. The molecule has 2 aromatic rings. The van der Waals surface area contributed by atoms with Crippen LogP contribution in [0.2, 0.25) is 0 Å². The molecule has 2 rings (SSSR count). The molecule has 1 N–H and O–H groups in total. The van der Waals surface area contributed by atoms with Gasteiger partial charge in [-0.3, -0.25) is 9.59 Å². The minimum atomic E-state index is -0.315. The normalized spacial score (nSPS) is 10.2. The van der Waals surface area contributed by atoms with Gasteiger partial charge in [-0.1, -0.05) is 6.07 Å². The number of nitrogens with one attached hydrogen (secondary N) is 1. The lowest BCUT2D eigenvalue weighted by atomic mass is 10.2. The van der Waals surface area contributed by atoms with Crippen LogP contribution < -0.4 is 14.8 Å². The molecule has 0 aliphatic rings. The third-order valence-electron chi connectivity index (χ3n) is 3.66. The molecule has 0 aliphatic carbocycles. The highest BCUT2D eigenvalue weighted by Gasteiger charge is 2.17. The Balaban J connectivity index is 2.02. The van der Waals surface area contributed by atoms with E-state index in [9.17, 15) is 9.59 Å². The third kappa shape index (κ3) is 5.70. The van der Waals surface area contributed by atoms with Crippen LogP contribution in [0.15, 0.2) is 36.4 Å². The molecular formula is C20H25N3O4. The summed E-state index contributed by atoms with van der Waals surface area (Å²) in [6.07, 6.45) is 0. The zero-order valence-electron chi connectivity index (χ0n) is 16.1. The molecule has 0 saturated heterocycles. The van der Waals surface area contributed by atoms with E-state index in [0.717, 1.165) is 5.69 Å². The smallest absolute Gasteiger partial charge is 0.272 e. The van der Waals surface area contributed by atoms with Gasteiger partial charge in [-0.25, -0.2) is 4.98 Å². The lowest BCUT2D eigenvalue weighted by Gasteiger charge is -2.17. The molecule has 1 aromatic heterocycles. The second-order valence-corrected chi connectivity index (χ2v) is 5.90. The molecule has 7 heteroatoms. The van der Waals surface area contributed by atoms with E-state index >= 15 is 0 Å². The summed E-state index contributed by atoms with van der Waals surface area (Å²) in [6.45, 7) is 6.49. The summed E-state index contributed by atoms with van der Waals surface area (Å²) in [6, 6.07) is 10.4. The number of likely N-dealkylation sites (N-methyl/N-ethyl adjacent to an activating group) is 1. The van der Waals surface area contributed by atoms with Gasteiger partial charge < -0.3 is 19.7 Å². The number of hydrogen-bond acceptors (Lipinski definition) is 5. The number of benzene rings is 1. The maximum Gasteiger partial charge on any atom is 0.272 e. The van der Waals surface area contributed by atoms with Gasteiger partial charge in [0.05, 0.1) is 19.8 Å². The molecule has 1 heterocycles. The SMILES string of the molecule is CCOc1ccc(NC(=O)CN(C)C(=O)c2cccc(C)n2)cc1OCC. The van der Waals surface area contributed by atoms with Crippen LogP contribution in [0.5, 0.6) is 11.5 Å². The maximum absolute atomic E-state index is 12.4. The Morgan fingerprint density at radius 3 is 2.44 bits per heavy atom. The standard InChI is InChI=1S/C20H25N3O4/c1-5-26-17-11-10-15(12-18(17)27-6-2)22-19(24)13-23(4)20(25)16-9-7-8-14(3)21-16/h7-12H,5-6,13H2,1-4H3,(H,22,24). The molecule has 0 aliphatic heterocycles. The van der Waals surface area contributed by atoms with Gasteiger partial charge in [0.2, 0.25) is 5.91 Å². The van der Waals surface area contributed by atoms with Crippen LogP contribution >= 0.6 is 0 Å². The van der Waals surface area contributed by atoms with Crippen LogP contribution in [0, 0.1) is 6.92 Å². The zero-order valence-corrected chi connectivity index (χ0v) is 16.1. The number of anilines is 1. The van der Waals surface area contributed by atoms with Gasteiger partial charge in [-0.05, 0) is 45.0 Å². The second kappa shape index (κ2) is 9.56. The van der Waals surface area contributed by atoms with E-state index in [2.05, 4.69) is 10.3 Å². The fraction of sp³-hybridized carbons (Fsp3) is 0.350. The molecule has 0 saturated carbocycles. The molecule has 0 spiro atoms. The average molecular weight is 371 g/mol. The van der Waals surface area contributed by atoms with Crippen molar-refractivity contribution in [1.29, 1.82) is 0 Å². The van der Waals surface area contributed by atoms with Gasteiger partial charge in [0.25, 0.3) is 5.91 Å². The van der Waals surface area contributed by atoms with E-state index in [1.807, 2.05) is 26.8 Å². The van der Waals surface area contributed by atoms with Crippen molar-refractivity contribution in [2.24, 2.45) is 0 Å². The van der Waals surface area contributed by atoms with E-state index < -0.39 is 0 Å². The second-order valence-electron chi connectivity index (χ2n) is 5.90. The molecular weight excluding hydrogens is 346 g/mol. The minimum absolute atomic E-state index is 0.0916. The van der Waals surface area contributed by atoms with Gasteiger partial charge in [-0.2, -0.15) is 0 Å². The maximum atomic E-state index is 12.4. The van der Waals surface area contributed by atoms with Gasteiger partial charge in [0, 0.05) is 24.5 Å². The van der Waals surface area contributed by atoms with E-state index in [-0.39, 0.29) is 18.4 Å². The first-order valence-corrected chi connectivity index (χ1v) is 8.83. The average Bonchev–Trinajstić information content (AvgIpc) is 2.63. The first-order chi connectivity index (χ1) is 12.9. The number of nitrogens with zero attached hydrogens (tertiary/aromatic N) is 2. The van der Waals surface area contributed by atoms with Crippen molar-refractivity contribution in [3.05, 3.63) is 47.8 Å². The number of amides is 2. The van der Waals surface area contributed by atoms with Crippen molar-refractivity contribution in [2.45, 2.75) is 20.8 Å². The quantitative estimate of drug-likeness (QED) is 0.772. The van der Waals surface area contributed by atoms with Crippen LogP contribution in [-0.2, 0) is 4.79 Å². The molecule has 0 bridgehead atoms. The van der Waals surface area contributed by atoms with Gasteiger partial charge in [0.15, 0.2) is 11.5 Å². The lowest BCUT2D eigenvalue weighted by Crippen LogP contribution is -2.35. The molecule has 144 valence electrons. The van der Waals surface area contributed by atoms with Gasteiger partial charge in [0.1, 0.15) is 5.69 Å². The van der Waals surface area contributed by atoms with Crippen molar-refractivity contribution in [3.8, 4) is 11.5 Å².